The van der Waals surface area contributed by atoms with Crippen LogP contribution in [-0.4, -0.2) is 35.7 Å². The van der Waals surface area contributed by atoms with Crippen LogP contribution in [0.2, 0.25) is 0 Å². The van der Waals surface area contributed by atoms with Gasteiger partial charge in [0.25, 0.3) is 5.91 Å². The first-order chi connectivity index (χ1) is 16.9. The number of hydrogen-bond donors (Lipinski definition) is 3. The highest BCUT2D eigenvalue weighted by Gasteiger charge is 2.29. The van der Waals surface area contributed by atoms with Crippen molar-refractivity contribution in [3.63, 3.8) is 0 Å². The number of fused-ring (bicyclic) bond motifs is 3. The number of carbonyl (C=O) groups excluding carboxylic acids is 2. The van der Waals surface area contributed by atoms with Gasteiger partial charge in [-0.1, -0.05) is 71.4 Å². The van der Waals surface area contributed by atoms with E-state index in [4.69, 9.17) is 9.84 Å². The number of benzene rings is 3. The molecule has 8 heteroatoms. The lowest BCUT2D eigenvalue weighted by atomic mass is 9.98. The molecule has 0 saturated heterocycles. The van der Waals surface area contributed by atoms with Crippen LogP contribution in [-0.2, 0) is 9.53 Å². The van der Waals surface area contributed by atoms with E-state index in [1.807, 2.05) is 36.4 Å². The molecule has 3 aromatic rings. The fourth-order valence-electron chi connectivity index (χ4n) is 4.33. The maximum atomic E-state index is 12.8. The summed E-state index contributed by atoms with van der Waals surface area (Å²) >= 11 is 3.36. The highest BCUT2D eigenvalue weighted by molar-refractivity contribution is 9.10. The summed E-state index contributed by atoms with van der Waals surface area (Å²) in [5.74, 6) is -1.55. The van der Waals surface area contributed by atoms with Gasteiger partial charge >= 0.3 is 12.1 Å². The molecule has 0 heterocycles. The third-order valence-electron chi connectivity index (χ3n) is 6.06. The van der Waals surface area contributed by atoms with Crippen LogP contribution in [0.4, 0.5) is 10.5 Å². The van der Waals surface area contributed by atoms with Gasteiger partial charge < -0.3 is 15.2 Å². The summed E-state index contributed by atoms with van der Waals surface area (Å²) in [5, 5.41) is 14.4. The van der Waals surface area contributed by atoms with Crippen molar-refractivity contribution < 1.29 is 24.2 Å². The Hall–Kier alpha value is -3.65. The Bertz CT molecular complexity index is 1230. The quantitative estimate of drug-likeness (QED) is 0.337. The van der Waals surface area contributed by atoms with Gasteiger partial charge in [-0.05, 0) is 46.9 Å². The van der Waals surface area contributed by atoms with Crippen LogP contribution in [0.5, 0.6) is 0 Å². The number of rotatable bonds is 8. The Labute approximate surface area is 211 Å². The van der Waals surface area contributed by atoms with Crippen molar-refractivity contribution in [1.82, 2.24) is 5.32 Å². The van der Waals surface area contributed by atoms with E-state index in [1.165, 1.54) is 0 Å². The van der Waals surface area contributed by atoms with Crippen molar-refractivity contribution in [3.8, 4) is 11.1 Å². The summed E-state index contributed by atoms with van der Waals surface area (Å²) in [7, 11) is 0. The number of carbonyl (C=O) groups is 3. The van der Waals surface area contributed by atoms with Gasteiger partial charge in [0.05, 0.1) is 17.7 Å². The second-order valence-corrected chi connectivity index (χ2v) is 9.23. The van der Waals surface area contributed by atoms with Crippen molar-refractivity contribution in [1.29, 1.82) is 0 Å². The van der Waals surface area contributed by atoms with Crippen LogP contribution in [0.25, 0.3) is 11.1 Å². The Morgan fingerprint density at radius 1 is 1.00 bits per heavy atom. The Balaban J connectivity index is 1.47. The van der Waals surface area contributed by atoms with Crippen LogP contribution < -0.4 is 10.6 Å². The summed E-state index contributed by atoms with van der Waals surface area (Å²) in [6, 6.07) is 20.5. The molecule has 1 aliphatic rings. The molecule has 3 N–H and O–H groups in total. The molecule has 7 nitrogen and oxygen atoms in total. The molecule has 180 valence electrons. The zero-order valence-electron chi connectivity index (χ0n) is 19.1. The Kier molecular flexibility index (Phi) is 7.51. The molecule has 1 aliphatic carbocycles. The summed E-state index contributed by atoms with van der Waals surface area (Å²) in [6.45, 7) is 1.94. The molecule has 2 amide bonds. The van der Waals surface area contributed by atoms with Crippen LogP contribution in [0, 0.1) is 0 Å². The number of nitrogens with one attached hydrogen (secondary N) is 2. The molecule has 35 heavy (non-hydrogen) atoms. The SMILES string of the molecule is CCC(CC(=O)O)NC(=O)c1ccc(Br)cc1NC(=O)OCC1c2ccccc2-c2ccccc21. The van der Waals surface area contributed by atoms with Crippen LogP contribution in [0.15, 0.2) is 71.2 Å². The zero-order chi connectivity index (χ0) is 24.9. The monoisotopic (exact) mass is 536 g/mol. The molecule has 0 aromatic heterocycles. The average molecular weight is 537 g/mol. The van der Waals surface area contributed by atoms with Gasteiger partial charge in [-0.2, -0.15) is 0 Å². The molecule has 4 rings (SSSR count). The summed E-state index contributed by atoms with van der Waals surface area (Å²) in [5.41, 5.74) is 4.95. The van der Waals surface area contributed by atoms with Crippen molar-refractivity contribution in [3.05, 3.63) is 87.9 Å². The van der Waals surface area contributed by atoms with E-state index in [0.29, 0.717) is 10.9 Å². The van der Waals surface area contributed by atoms with E-state index in [1.54, 1.807) is 25.1 Å². The highest BCUT2D eigenvalue weighted by Crippen LogP contribution is 2.44. The number of carboxylic acids is 1. The molecule has 0 bridgehead atoms. The topological polar surface area (TPSA) is 105 Å². The first-order valence-corrected chi connectivity index (χ1v) is 12.1. The van der Waals surface area contributed by atoms with Gasteiger partial charge in [-0.25, -0.2) is 4.79 Å². The standard InChI is InChI=1S/C27H25BrN2O5/c1-2-17(14-25(31)32)29-26(33)22-12-11-16(28)13-24(22)30-27(34)35-15-23-20-9-5-3-7-18(20)19-8-4-6-10-21(19)23/h3-13,17,23H,2,14-15H2,1H3,(H,29,33)(H,30,34)(H,31,32). The number of amides is 2. The molecule has 0 spiro atoms. The third-order valence-corrected chi connectivity index (χ3v) is 6.55. The van der Waals surface area contributed by atoms with Gasteiger partial charge in [0, 0.05) is 16.4 Å². The van der Waals surface area contributed by atoms with E-state index in [-0.39, 0.29) is 30.2 Å². The average Bonchev–Trinajstić information content (AvgIpc) is 3.15. The van der Waals surface area contributed by atoms with Gasteiger partial charge in [0.1, 0.15) is 6.61 Å². The predicted molar refractivity (Wildman–Crippen MR) is 137 cm³/mol. The second kappa shape index (κ2) is 10.7. The first-order valence-electron chi connectivity index (χ1n) is 11.3. The smallest absolute Gasteiger partial charge is 0.411 e. The minimum absolute atomic E-state index is 0.0836. The maximum Gasteiger partial charge on any atom is 0.411 e. The molecule has 1 atom stereocenters. The lowest BCUT2D eigenvalue weighted by Crippen LogP contribution is -2.36. The number of hydrogen-bond acceptors (Lipinski definition) is 4. The summed E-state index contributed by atoms with van der Waals surface area (Å²) < 4.78 is 6.27. The molecule has 0 aliphatic heterocycles. The second-order valence-electron chi connectivity index (χ2n) is 8.32. The largest absolute Gasteiger partial charge is 0.481 e. The first kappa shape index (κ1) is 24.5. The van der Waals surface area contributed by atoms with E-state index in [0.717, 1.165) is 22.3 Å². The van der Waals surface area contributed by atoms with Crippen molar-refractivity contribution in [2.45, 2.75) is 31.7 Å². The van der Waals surface area contributed by atoms with E-state index >= 15 is 0 Å². The Morgan fingerprint density at radius 2 is 1.63 bits per heavy atom. The highest BCUT2D eigenvalue weighted by atomic mass is 79.9. The number of carboxylic acid groups (broad SMARTS) is 1. The summed E-state index contributed by atoms with van der Waals surface area (Å²) in [4.78, 5) is 36.6. The normalized spacial score (nSPS) is 12.9. The fourth-order valence-corrected chi connectivity index (χ4v) is 4.69. The van der Waals surface area contributed by atoms with Gasteiger partial charge in [-0.3, -0.25) is 14.9 Å². The van der Waals surface area contributed by atoms with Crippen molar-refractivity contribution in [2.75, 3.05) is 11.9 Å². The van der Waals surface area contributed by atoms with E-state index < -0.39 is 24.0 Å². The molecular formula is C27H25BrN2O5. The minimum Gasteiger partial charge on any atom is -0.481 e. The maximum absolute atomic E-state index is 12.8. The predicted octanol–water partition coefficient (Wildman–Crippen LogP) is 5.79. The van der Waals surface area contributed by atoms with Gasteiger partial charge in [-0.15, -0.1) is 0 Å². The number of anilines is 1. The lowest BCUT2D eigenvalue weighted by molar-refractivity contribution is -0.137. The van der Waals surface area contributed by atoms with Crippen molar-refractivity contribution >= 4 is 39.6 Å². The fraction of sp³-hybridized carbons (Fsp3) is 0.222. The number of halogens is 1. The molecule has 1 unspecified atom stereocenters. The minimum atomic E-state index is -0.995. The molecule has 3 aromatic carbocycles. The van der Waals surface area contributed by atoms with Crippen molar-refractivity contribution in [2.24, 2.45) is 0 Å². The van der Waals surface area contributed by atoms with E-state index in [2.05, 4.69) is 38.7 Å². The van der Waals surface area contributed by atoms with Crippen LogP contribution in [0.3, 0.4) is 0 Å². The van der Waals surface area contributed by atoms with Crippen LogP contribution in [0.1, 0.15) is 47.2 Å². The van der Waals surface area contributed by atoms with Gasteiger partial charge in [0.15, 0.2) is 0 Å². The number of aliphatic carboxylic acids is 1. The zero-order valence-corrected chi connectivity index (χ0v) is 20.7. The molecule has 0 radical (unpaired) electrons. The molecule has 0 fully saturated rings. The molecular weight excluding hydrogens is 512 g/mol. The van der Waals surface area contributed by atoms with E-state index in [9.17, 15) is 14.4 Å². The van der Waals surface area contributed by atoms with Gasteiger partial charge in [0.2, 0.25) is 0 Å². The Morgan fingerprint density at radius 3 is 2.23 bits per heavy atom. The number of ether oxygens (including phenoxy) is 1. The molecule has 0 saturated carbocycles. The lowest BCUT2D eigenvalue weighted by Gasteiger charge is -2.18. The van der Waals surface area contributed by atoms with Crippen LogP contribution >= 0.6 is 15.9 Å². The summed E-state index contributed by atoms with van der Waals surface area (Å²) in [6.07, 6.45) is -0.408. The third kappa shape index (κ3) is 5.54.